The molecular formula is C23H17ClN4O3. The Morgan fingerprint density at radius 1 is 1.16 bits per heavy atom. The summed E-state index contributed by atoms with van der Waals surface area (Å²) in [6.07, 6.45) is 0. The molecule has 4 rings (SSSR count). The molecule has 0 spiro atoms. The highest BCUT2D eigenvalue weighted by molar-refractivity contribution is 6.32. The molecule has 1 atom stereocenters. The fourth-order valence-electron chi connectivity index (χ4n) is 3.71. The summed E-state index contributed by atoms with van der Waals surface area (Å²) in [5, 5.41) is 16.2. The SMILES string of the molecule is CC1(c2cccc3ccccc23)NC(=O)N(CC(=O)Nc2ccc(C#N)c(Cl)c2)C1=O. The maximum absolute atomic E-state index is 13.2. The van der Waals surface area contributed by atoms with Gasteiger partial charge >= 0.3 is 6.03 Å². The normalized spacial score (nSPS) is 18.0. The number of nitrogens with one attached hydrogen (secondary N) is 2. The Hall–Kier alpha value is -3.89. The molecule has 0 aromatic heterocycles. The standard InChI is InChI=1S/C23H17ClN4O3/c1-23(18-8-4-6-14-5-2-3-7-17(14)18)21(30)28(22(31)27-23)13-20(29)26-16-10-9-15(12-25)19(24)11-16/h2-11H,13H2,1H3,(H,26,29)(H,27,31). The number of hydrogen-bond donors (Lipinski definition) is 2. The van der Waals surface area contributed by atoms with Crippen molar-refractivity contribution in [2.24, 2.45) is 0 Å². The van der Waals surface area contributed by atoms with Crippen molar-refractivity contribution in [1.29, 1.82) is 5.26 Å². The topological polar surface area (TPSA) is 102 Å². The molecule has 1 aliphatic rings. The molecule has 7 nitrogen and oxygen atoms in total. The molecule has 3 aromatic rings. The maximum Gasteiger partial charge on any atom is 0.325 e. The van der Waals surface area contributed by atoms with E-state index in [2.05, 4.69) is 10.6 Å². The number of rotatable bonds is 4. The van der Waals surface area contributed by atoms with Gasteiger partial charge in [0, 0.05) is 5.69 Å². The molecule has 154 valence electrons. The van der Waals surface area contributed by atoms with E-state index in [4.69, 9.17) is 16.9 Å². The number of amides is 4. The molecule has 0 saturated carbocycles. The van der Waals surface area contributed by atoms with E-state index >= 15 is 0 Å². The average molecular weight is 433 g/mol. The summed E-state index contributed by atoms with van der Waals surface area (Å²) in [5.74, 6) is -1.08. The minimum absolute atomic E-state index is 0.193. The van der Waals surface area contributed by atoms with Crippen LogP contribution in [0.4, 0.5) is 10.5 Å². The van der Waals surface area contributed by atoms with Gasteiger partial charge in [-0.2, -0.15) is 5.26 Å². The molecule has 1 fully saturated rings. The van der Waals surface area contributed by atoms with E-state index in [0.717, 1.165) is 15.7 Å². The van der Waals surface area contributed by atoms with Gasteiger partial charge in [0.25, 0.3) is 5.91 Å². The molecule has 1 aliphatic heterocycles. The molecule has 3 aromatic carbocycles. The summed E-state index contributed by atoms with van der Waals surface area (Å²) in [7, 11) is 0. The predicted octanol–water partition coefficient (Wildman–Crippen LogP) is 3.77. The number of carbonyl (C=O) groups is 3. The first kappa shape index (κ1) is 20.4. The number of anilines is 1. The van der Waals surface area contributed by atoms with Crippen LogP contribution in [0.5, 0.6) is 0 Å². The van der Waals surface area contributed by atoms with Crippen molar-refractivity contribution in [3.05, 3.63) is 76.8 Å². The van der Waals surface area contributed by atoms with Gasteiger partial charge in [0.05, 0.1) is 10.6 Å². The van der Waals surface area contributed by atoms with E-state index < -0.39 is 29.9 Å². The van der Waals surface area contributed by atoms with Crippen molar-refractivity contribution >= 4 is 45.9 Å². The van der Waals surface area contributed by atoms with E-state index in [0.29, 0.717) is 11.3 Å². The molecule has 2 N–H and O–H groups in total. The number of nitriles is 1. The molecule has 1 heterocycles. The average Bonchev–Trinajstić information content (AvgIpc) is 2.97. The fourth-order valence-corrected chi connectivity index (χ4v) is 3.93. The van der Waals surface area contributed by atoms with Crippen LogP contribution < -0.4 is 10.6 Å². The third-order valence-corrected chi connectivity index (χ3v) is 5.59. The lowest BCUT2D eigenvalue weighted by molar-refractivity contribution is -0.133. The highest BCUT2D eigenvalue weighted by atomic mass is 35.5. The number of imide groups is 1. The molecule has 4 amide bonds. The second-order valence-electron chi connectivity index (χ2n) is 7.33. The van der Waals surface area contributed by atoms with E-state index in [1.54, 1.807) is 13.0 Å². The van der Waals surface area contributed by atoms with Crippen molar-refractivity contribution in [2.45, 2.75) is 12.5 Å². The minimum atomic E-state index is -1.30. The monoisotopic (exact) mass is 432 g/mol. The lowest BCUT2D eigenvalue weighted by atomic mass is 9.88. The van der Waals surface area contributed by atoms with Crippen molar-refractivity contribution in [3.8, 4) is 6.07 Å². The zero-order valence-corrected chi connectivity index (χ0v) is 17.2. The van der Waals surface area contributed by atoms with Gasteiger partial charge in [-0.25, -0.2) is 4.79 Å². The van der Waals surface area contributed by atoms with E-state index in [1.165, 1.54) is 18.2 Å². The van der Waals surface area contributed by atoms with Gasteiger partial charge in [0.2, 0.25) is 5.91 Å². The number of nitrogens with zero attached hydrogens (tertiary/aromatic N) is 2. The van der Waals surface area contributed by atoms with Crippen LogP contribution in [0, 0.1) is 11.3 Å². The second-order valence-corrected chi connectivity index (χ2v) is 7.73. The molecule has 8 heteroatoms. The fraction of sp³-hybridized carbons (Fsp3) is 0.130. The van der Waals surface area contributed by atoms with Crippen LogP contribution in [-0.2, 0) is 15.1 Å². The van der Waals surface area contributed by atoms with E-state index in [-0.39, 0.29) is 10.6 Å². The molecule has 0 radical (unpaired) electrons. The highest BCUT2D eigenvalue weighted by Crippen LogP contribution is 2.33. The molecule has 1 unspecified atom stereocenters. The molecular weight excluding hydrogens is 416 g/mol. The summed E-state index contributed by atoms with van der Waals surface area (Å²) in [6.45, 7) is 1.18. The summed E-state index contributed by atoms with van der Waals surface area (Å²) < 4.78 is 0. The third-order valence-electron chi connectivity index (χ3n) is 5.28. The van der Waals surface area contributed by atoms with E-state index in [1.807, 2.05) is 42.5 Å². The molecule has 31 heavy (non-hydrogen) atoms. The second kappa shape index (κ2) is 7.74. The van der Waals surface area contributed by atoms with Gasteiger partial charge in [0.1, 0.15) is 18.2 Å². The summed E-state index contributed by atoms with van der Waals surface area (Å²) in [5.41, 5.74) is -0.00101. The maximum atomic E-state index is 13.2. The third kappa shape index (κ3) is 3.58. The van der Waals surface area contributed by atoms with Gasteiger partial charge in [-0.05, 0) is 41.5 Å². The Morgan fingerprint density at radius 2 is 1.90 bits per heavy atom. The molecule has 0 bridgehead atoms. The van der Waals surface area contributed by atoms with Gasteiger partial charge in [-0.15, -0.1) is 0 Å². The van der Waals surface area contributed by atoms with E-state index in [9.17, 15) is 14.4 Å². The van der Waals surface area contributed by atoms with Gasteiger partial charge in [-0.3, -0.25) is 14.5 Å². The zero-order valence-electron chi connectivity index (χ0n) is 16.5. The van der Waals surface area contributed by atoms with Crippen LogP contribution >= 0.6 is 11.6 Å². The van der Waals surface area contributed by atoms with Crippen LogP contribution in [0.3, 0.4) is 0 Å². The van der Waals surface area contributed by atoms with Crippen LogP contribution in [0.1, 0.15) is 18.1 Å². The molecule has 1 saturated heterocycles. The molecule has 0 aliphatic carbocycles. The number of hydrogen-bond acceptors (Lipinski definition) is 4. The van der Waals surface area contributed by atoms with Crippen molar-refractivity contribution in [3.63, 3.8) is 0 Å². The summed E-state index contributed by atoms with van der Waals surface area (Å²) in [6, 6.07) is 18.8. The highest BCUT2D eigenvalue weighted by Gasteiger charge is 2.50. The van der Waals surface area contributed by atoms with Crippen molar-refractivity contribution in [2.75, 3.05) is 11.9 Å². The number of benzene rings is 3. The Bertz CT molecular complexity index is 1280. The predicted molar refractivity (Wildman–Crippen MR) is 116 cm³/mol. The van der Waals surface area contributed by atoms with Crippen LogP contribution in [0.2, 0.25) is 5.02 Å². The van der Waals surface area contributed by atoms with Gasteiger partial charge in [-0.1, -0.05) is 54.1 Å². The summed E-state index contributed by atoms with van der Waals surface area (Å²) >= 11 is 5.98. The van der Waals surface area contributed by atoms with Crippen LogP contribution in [-0.4, -0.2) is 29.3 Å². The lowest BCUT2D eigenvalue weighted by Gasteiger charge is -2.24. The smallest absolute Gasteiger partial charge is 0.324 e. The van der Waals surface area contributed by atoms with Crippen molar-refractivity contribution < 1.29 is 14.4 Å². The zero-order chi connectivity index (χ0) is 22.2. The first-order chi connectivity index (χ1) is 14.8. The van der Waals surface area contributed by atoms with Gasteiger partial charge < -0.3 is 10.6 Å². The number of halogens is 1. The largest absolute Gasteiger partial charge is 0.325 e. The van der Waals surface area contributed by atoms with Crippen molar-refractivity contribution in [1.82, 2.24) is 10.2 Å². The Balaban J connectivity index is 1.56. The quantitative estimate of drug-likeness (QED) is 0.612. The number of fused-ring (bicyclic) bond motifs is 1. The minimum Gasteiger partial charge on any atom is -0.324 e. The number of urea groups is 1. The van der Waals surface area contributed by atoms with Crippen LogP contribution in [0.25, 0.3) is 10.8 Å². The first-order valence-electron chi connectivity index (χ1n) is 9.45. The lowest BCUT2D eigenvalue weighted by Crippen LogP contribution is -2.42. The first-order valence-corrected chi connectivity index (χ1v) is 9.83. The number of carbonyl (C=O) groups excluding carboxylic acids is 3. The Labute approximate surface area is 183 Å². The van der Waals surface area contributed by atoms with Crippen LogP contribution in [0.15, 0.2) is 60.7 Å². The Morgan fingerprint density at radius 3 is 2.65 bits per heavy atom. The Kier molecular flexibility index (Phi) is 5.09. The van der Waals surface area contributed by atoms with Gasteiger partial charge in [0.15, 0.2) is 0 Å². The summed E-state index contributed by atoms with van der Waals surface area (Å²) in [4.78, 5) is 39.2.